The molecule has 0 saturated carbocycles. The average molecular weight is 280 g/mol. The van der Waals surface area contributed by atoms with E-state index in [9.17, 15) is 0 Å². The van der Waals surface area contributed by atoms with Gasteiger partial charge in [-0.25, -0.2) is 0 Å². The lowest BCUT2D eigenvalue weighted by molar-refractivity contribution is 0.118. The van der Waals surface area contributed by atoms with Gasteiger partial charge in [-0.1, -0.05) is 24.3 Å². The van der Waals surface area contributed by atoms with Gasteiger partial charge in [0.2, 0.25) is 6.79 Å². The molecule has 2 aromatic rings. The van der Waals surface area contributed by atoms with E-state index < -0.39 is 0 Å². The molecule has 0 aliphatic heterocycles. The molecule has 0 spiro atoms. The molecule has 0 aromatic heterocycles. The lowest BCUT2D eigenvalue weighted by Gasteiger charge is -2.13. The first-order chi connectivity index (χ1) is 10.4. The maximum Gasteiger partial charge on any atom is 0.230 e. The highest BCUT2D eigenvalue weighted by molar-refractivity contribution is 5.44. The lowest BCUT2D eigenvalue weighted by Crippen LogP contribution is -2.08. The van der Waals surface area contributed by atoms with E-state index in [1.165, 1.54) is 47.9 Å². The first-order valence-electron chi connectivity index (χ1n) is 7.89. The Morgan fingerprint density at radius 1 is 0.667 bits per heavy atom. The highest BCUT2D eigenvalue weighted by Gasteiger charge is 2.17. The van der Waals surface area contributed by atoms with Gasteiger partial charge in [0.1, 0.15) is 11.5 Å². The fourth-order valence-electron chi connectivity index (χ4n) is 3.60. The normalized spacial score (nSPS) is 15.6. The van der Waals surface area contributed by atoms with Gasteiger partial charge in [0.05, 0.1) is 0 Å². The Morgan fingerprint density at radius 2 is 1.19 bits per heavy atom. The third kappa shape index (κ3) is 2.39. The van der Waals surface area contributed by atoms with Crippen LogP contribution in [0, 0.1) is 0 Å². The van der Waals surface area contributed by atoms with Crippen LogP contribution in [0.15, 0.2) is 36.4 Å². The molecule has 0 heterocycles. The maximum atomic E-state index is 5.89. The standard InChI is InChI=1S/C19H20O2/c1-5-14-7-3-11-18(16(14)9-1)20-13-21-19-12-4-8-15-6-2-10-17(15)19/h3-4,7-8,11-12H,1-2,5-6,9-10,13H2. The van der Waals surface area contributed by atoms with Gasteiger partial charge in [0, 0.05) is 0 Å². The van der Waals surface area contributed by atoms with Gasteiger partial charge >= 0.3 is 0 Å². The second-order valence-corrected chi connectivity index (χ2v) is 5.90. The Bertz CT molecular complexity index is 603. The quantitative estimate of drug-likeness (QED) is 0.786. The lowest BCUT2D eigenvalue weighted by atomic mass is 10.1. The molecule has 108 valence electrons. The van der Waals surface area contributed by atoms with Gasteiger partial charge in [-0.2, -0.15) is 0 Å². The summed E-state index contributed by atoms with van der Waals surface area (Å²) >= 11 is 0. The van der Waals surface area contributed by atoms with Crippen molar-refractivity contribution in [2.75, 3.05) is 6.79 Å². The fraction of sp³-hybridized carbons (Fsp3) is 0.368. The first kappa shape index (κ1) is 12.8. The van der Waals surface area contributed by atoms with E-state index in [1.807, 2.05) is 0 Å². The summed E-state index contributed by atoms with van der Waals surface area (Å²) in [4.78, 5) is 0. The molecule has 0 fully saturated rings. The summed E-state index contributed by atoms with van der Waals surface area (Å²) in [7, 11) is 0. The summed E-state index contributed by atoms with van der Waals surface area (Å²) in [6.07, 6.45) is 7.10. The first-order valence-corrected chi connectivity index (χ1v) is 7.89. The van der Waals surface area contributed by atoms with E-state index in [1.54, 1.807) is 0 Å². The average Bonchev–Trinajstić information content (AvgIpc) is 3.16. The third-order valence-electron chi connectivity index (χ3n) is 4.63. The van der Waals surface area contributed by atoms with E-state index in [-0.39, 0.29) is 0 Å². The van der Waals surface area contributed by atoms with Crippen molar-refractivity contribution in [2.24, 2.45) is 0 Å². The van der Waals surface area contributed by atoms with Crippen molar-refractivity contribution < 1.29 is 9.47 Å². The third-order valence-corrected chi connectivity index (χ3v) is 4.63. The monoisotopic (exact) mass is 280 g/mol. The largest absolute Gasteiger partial charge is 0.457 e. The molecule has 2 nitrogen and oxygen atoms in total. The van der Waals surface area contributed by atoms with Gasteiger partial charge < -0.3 is 9.47 Å². The van der Waals surface area contributed by atoms with Gasteiger partial charge in [-0.05, 0) is 72.9 Å². The molecule has 2 aliphatic rings. The van der Waals surface area contributed by atoms with E-state index in [0.717, 1.165) is 24.3 Å². The zero-order valence-corrected chi connectivity index (χ0v) is 12.2. The summed E-state index contributed by atoms with van der Waals surface area (Å²) < 4.78 is 11.8. The van der Waals surface area contributed by atoms with Crippen LogP contribution in [0.5, 0.6) is 11.5 Å². The number of hydrogen-bond donors (Lipinski definition) is 0. The minimum Gasteiger partial charge on any atom is -0.457 e. The van der Waals surface area contributed by atoms with E-state index in [2.05, 4.69) is 36.4 Å². The van der Waals surface area contributed by atoms with Gasteiger partial charge in [0.25, 0.3) is 0 Å². The summed E-state index contributed by atoms with van der Waals surface area (Å²) in [5.74, 6) is 2.00. The van der Waals surface area contributed by atoms with E-state index in [4.69, 9.17) is 9.47 Å². The van der Waals surface area contributed by atoms with Crippen LogP contribution in [0.25, 0.3) is 0 Å². The Kier molecular flexibility index (Phi) is 3.30. The van der Waals surface area contributed by atoms with E-state index in [0.29, 0.717) is 6.79 Å². The smallest absolute Gasteiger partial charge is 0.230 e. The highest BCUT2D eigenvalue weighted by atomic mass is 16.7. The van der Waals surface area contributed by atoms with Crippen LogP contribution in [0.1, 0.15) is 35.1 Å². The van der Waals surface area contributed by atoms with Crippen molar-refractivity contribution in [3.05, 3.63) is 58.7 Å². The molecule has 0 bridgehead atoms. The van der Waals surface area contributed by atoms with Crippen molar-refractivity contribution in [1.29, 1.82) is 0 Å². The van der Waals surface area contributed by atoms with Crippen molar-refractivity contribution in [2.45, 2.75) is 38.5 Å². The minimum atomic E-state index is 0.299. The number of fused-ring (bicyclic) bond motifs is 2. The van der Waals surface area contributed by atoms with E-state index >= 15 is 0 Å². The molecule has 0 unspecified atom stereocenters. The predicted molar refractivity (Wildman–Crippen MR) is 83.1 cm³/mol. The molecule has 0 saturated heterocycles. The van der Waals surface area contributed by atoms with Crippen LogP contribution in [0.3, 0.4) is 0 Å². The van der Waals surface area contributed by atoms with Crippen molar-refractivity contribution >= 4 is 0 Å². The molecular formula is C19H20O2. The van der Waals surface area contributed by atoms with Gasteiger partial charge in [-0.15, -0.1) is 0 Å². The van der Waals surface area contributed by atoms with Crippen molar-refractivity contribution in [3.8, 4) is 11.5 Å². The molecule has 0 radical (unpaired) electrons. The number of hydrogen-bond acceptors (Lipinski definition) is 2. The Hall–Kier alpha value is -1.96. The second kappa shape index (κ2) is 5.44. The summed E-state index contributed by atoms with van der Waals surface area (Å²) in [5.41, 5.74) is 5.62. The number of ether oxygens (including phenoxy) is 2. The van der Waals surface area contributed by atoms with Crippen molar-refractivity contribution in [1.82, 2.24) is 0 Å². The zero-order chi connectivity index (χ0) is 14.1. The fourth-order valence-corrected chi connectivity index (χ4v) is 3.60. The molecule has 2 heteroatoms. The second-order valence-electron chi connectivity index (χ2n) is 5.90. The highest BCUT2D eigenvalue weighted by Crippen LogP contribution is 2.32. The number of rotatable bonds is 4. The topological polar surface area (TPSA) is 18.5 Å². The van der Waals surface area contributed by atoms with Gasteiger partial charge in [0.15, 0.2) is 0 Å². The van der Waals surface area contributed by atoms with Gasteiger partial charge in [-0.3, -0.25) is 0 Å². The van der Waals surface area contributed by atoms with Crippen LogP contribution < -0.4 is 9.47 Å². The molecule has 0 atom stereocenters. The molecule has 0 amide bonds. The van der Waals surface area contributed by atoms with Crippen LogP contribution in [0.4, 0.5) is 0 Å². The zero-order valence-electron chi connectivity index (χ0n) is 12.2. The SMILES string of the molecule is c1cc2c(c(OCOc3cccc4c3CCC4)c1)CCC2. The maximum absolute atomic E-state index is 5.89. The molecule has 4 rings (SSSR count). The Balaban J connectivity index is 1.45. The molecular weight excluding hydrogens is 260 g/mol. The number of benzene rings is 2. The Labute approximate surface area is 125 Å². The summed E-state index contributed by atoms with van der Waals surface area (Å²) in [6, 6.07) is 12.7. The van der Waals surface area contributed by atoms with Crippen LogP contribution >= 0.6 is 0 Å². The van der Waals surface area contributed by atoms with Crippen LogP contribution in [0.2, 0.25) is 0 Å². The molecule has 2 aliphatic carbocycles. The van der Waals surface area contributed by atoms with Crippen LogP contribution in [-0.4, -0.2) is 6.79 Å². The number of aryl methyl sites for hydroxylation is 2. The molecule has 2 aromatic carbocycles. The minimum absolute atomic E-state index is 0.299. The molecule has 21 heavy (non-hydrogen) atoms. The van der Waals surface area contributed by atoms with Crippen LogP contribution in [-0.2, 0) is 25.7 Å². The molecule has 0 N–H and O–H groups in total. The summed E-state index contributed by atoms with van der Waals surface area (Å²) in [6.45, 7) is 0.299. The Morgan fingerprint density at radius 3 is 1.71 bits per heavy atom. The predicted octanol–water partition coefficient (Wildman–Crippen LogP) is 4.08. The summed E-state index contributed by atoms with van der Waals surface area (Å²) in [5, 5.41) is 0. The van der Waals surface area contributed by atoms with Crippen molar-refractivity contribution in [3.63, 3.8) is 0 Å².